The monoisotopic (exact) mass is 493 g/mol. The Kier molecular flexibility index (Phi) is 8.60. The van der Waals surface area contributed by atoms with Gasteiger partial charge in [0, 0.05) is 4.90 Å². The molecular formula is C24H26F3N3O3S. The Labute approximate surface area is 200 Å². The van der Waals surface area contributed by atoms with Gasteiger partial charge in [-0.15, -0.1) is 11.8 Å². The lowest BCUT2D eigenvalue weighted by molar-refractivity contribution is -0.145. The third kappa shape index (κ3) is 6.99. The molecule has 0 unspecified atom stereocenters. The van der Waals surface area contributed by atoms with Crippen molar-refractivity contribution in [2.75, 3.05) is 19.0 Å². The molecule has 1 heterocycles. The molecule has 0 saturated carbocycles. The molecule has 10 heteroatoms. The van der Waals surface area contributed by atoms with Gasteiger partial charge < -0.3 is 9.47 Å². The summed E-state index contributed by atoms with van der Waals surface area (Å²) >= 11 is 1.70. The quantitative estimate of drug-likeness (QED) is 0.209. The van der Waals surface area contributed by atoms with Gasteiger partial charge >= 0.3 is 12.1 Å². The van der Waals surface area contributed by atoms with Gasteiger partial charge in [-0.1, -0.05) is 0 Å². The summed E-state index contributed by atoms with van der Waals surface area (Å²) in [5.41, 5.74) is 2.29. The van der Waals surface area contributed by atoms with Crippen molar-refractivity contribution in [2.24, 2.45) is 0 Å². The Hall–Kier alpha value is -3.01. The van der Waals surface area contributed by atoms with Crippen LogP contribution in [0.25, 0.3) is 5.69 Å². The number of alkyl halides is 3. The van der Waals surface area contributed by atoms with E-state index in [0.29, 0.717) is 24.5 Å². The van der Waals surface area contributed by atoms with E-state index in [9.17, 15) is 18.0 Å². The molecule has 0 N–H and O–H groups in total. The fourth-order valence-corrected chi connectivity index (χ4v) is 4.13. The van der Waals surface area contributed by atoms with Gasteiger partial charge in [0.25, 0.3) is 0 Å². The maximum Gasteiger partial charge on any atom is 0.416 e. The van der Waals surface area contributed by atoms with Crippen molar-refractivity contribution in [2.45, 2.75) is 44.7 Å². The van der Waals surface area contributed by atoms with E-state index in [4.69, 9.17) is 9.47 Å². The molecule has 0 aliphatic rings. The van der Waals surface area contributed by atoms with Gasteiger partial charge in [-0.25, -0.2) is 4.79 Å². The highest BCUT2D eigenvalue weighted by molar-refractivity contribution is 7.99. The maximum absolute atomic E-state index is 12.8. The fraction of sp³-hybridized carbons (Fsp3) is 0.375. The lowest BCUT2D eigenvalue weighted by atomic mass is 10.2. The van der Waals surface area contributed by atoms with Gasteiger partial charge in [-0.05, 0) is 87.4 Å². The van der Waals surface area contributed by atoms with Gasteiger partial charge in [-0.2, -0.15) is 28.2 Å². The average Bonchev–Trinajstić information content (AvgIpc) is 3.16. The number of aromatic nitrogens is 3. The fourth-order valence-electron chi connectivity index (χ4n) is 3.18. The Balaban J connectivity index is 1.50. The highest BCUT2D eigenvalue weighted by Crippen LogP contribution is 2.30. The van der Waals surface area contributed by atoms with Crippen LogP contribution >= 0.6 is 11.8 Å². The van der Waals surface area contributed by atoms with Crippen LogP contribution in [0.5, 0.6) is 5.75 Å². The van der Waals surface area contributed by atoms with Gasteiger partial charge in [-0.3, -0.25) is 0 Å². The van der Waals surface area contributed by atoms with Crippen molar-refractivity contribution in [3.05, 3.63) is 65.0 Å². The third-order valence-corrected chi connectivity index (χ3v) is 6.01. The molecule has 0 spiro atoms. The molecule has 0 amide bonds. The zero-order chi connectivity index (χ0) is 24.7. The van der Waals surface area contributed by atoms with Crippen molar-refractivity contribution in [3.8, 4) is 11.4 Å². The molecule has 0 atom stereocenters. The first-order valence-corrected chi connectivity index (χ1v) is 11.8. The number of carbonyl (C=O) groups excluding carboxylic acids is 1. The zero-order valence-electron chi connectivity index (χ0n) is 19.2. The summed E-state index contributed by atoms with van der Waals surface area (Å²) in [7, 11) is 0. The van der Waals surface area contributed by atoms with Crippen molar-refractivity contribution in [1.82, 2.24) is 15.0 Å². The number of esters is 1. The Morgan fingerprint density at radius 3 is 2.47 bits per heavy atom. The summed E-state index contributed by atoms with van der Waals surface area (Å²) in [6.45, 7) is 5.72. The van der Waals surface area contributed by atoms with E-state index in [1.807, 2.05) is 32.0 Å². The number of hydrogen-bond acceptors (Lipinski definition) is 6. The number of carbonyl (C=O) groups is 1. The molecule has 0 saturated heterocycles. The smallest absolute Gasteiger partial charge is 0.416 e. The molecule has 3 aromatic rings. The second-order valence-corrected chi connectivity index (χ2v) is 8.71. The minimum Gasteiger partial charge on any atom is -0.482 e. The Morgan fingerprint density at radius 1 is 1.09 bits per heavy atom. The summed E-state index contributed by atoms with van der Waals surface area (Å²) in [6.07, 6.45) is -2.81. The van der Waals surface area contributed by atoms with E-state index in [1.165, 1.54) is 16.9 Å². The van der Waals surface area contributed by atoms with Crippen LogP contribution in [-0.4, -0.2) is 39.9 Å². The molecule has 0 aliphatic carbocycles. The first-order valence-electron chi connectivity index (χ1n) is 10.8. The van der Waals surface area contributed by atoms with Crippen LogP contribution < -0.4 is 4.74 Å². The Bertz CT molecular complexity index is 1110. The van der Waals surface area contributed by atoms with E-state index in [0.717, 1.165) is 46.2 Å². The molecule has 1 aromatic heterocycles. The number of benzene rings is 2. The first kappa shape index (κ1) is 25.6. The number of ether oxygens (including phenoxy) is 2. The van der Waals surface area contributed by atoms with Crippen molar-refractivity contribution in [1.29, 1.82) is 0 Å². The largest absolute Gasteiger partial charge is 0.482 e. The van der Waals surface area contributed by atoms with Crippen molar-refractivity contribution >= 4 is 17.7 Å². The number of aryl methyl sites for hydroxylation is 3. The number of halogens is 3. The number of rotatable bonds is 10. The second kappa shape index (κ2) is 11.4. The lowest BCUT2D eigenvalue weighted by Gasteiger charge is -2.10. The minimum atomic E-state index is -4.37. The molecule has 0 aliphatic heterocycles. The highest BCUT2D eigenvalue weighted by Gasteiger charge is 2.30. The van der Waals surface area contributed by atoms with Crippen LogP contribution in [0, 0.1) is 13.8 Å². The molecule has 3 rings (SSSR count). The van der Waals surface area contributed by atoms with Gasteiger partial charge in [0.05, 0.1) is 29.2 Å². The topological polar surface area (TPSA) is 66.2 Å². The first-order chi connectivity index (χ1) is 16.2. The normalized spacial score (nSPS) is 11.5. The van der Waals surface area contributed by atoms with E-state index in [1.54, 1.807) is 18.7 Å². The van der Waals surface area contributed by atoms with Crippen molar-refractivity contribution < 1.29 is 27.4 Å². The molecule has 2 aromatic carbocycles. The third-order valence-electron chi connectivity index (χ3n) is 4.93. The number of hydrogen-bond donors (Lipinski definition) is 0. The SMILES string of the molecule is CCOC(=O)COc1ccc(SCCCc2nn(-c3ccc(C(F)(F)F)cc3)nc2C)cc1C. The van der Waals surface area contributed by atoms with E-state index in [2.05, 4.69) is 10.2 Å². The summed E-state index contributed by atoms with van der Waals surface area (Å²) in [5, 5.41) is 8.79. The molecule has 0 bridgehead atoms. The highest BCUT2D eigenvalue weighted by atomic mass is 32.2. The molecule has 6 nitrogen and oxygen atoms in total. The van der Waals surface area contributed by atoms with E-state index >= 15 is 0 Å². The summed E-state index contributed by atoms with van der Waals surface area (Å²) in [4.78, 5) is 13.9. The van der Waals surface area contributed by atoms with Crippen LogP contribution in [-0.2, 0) is 22.1 Å². The standard InChI is InChI=1S/C24H26F3N3O3S/c1-4-32-23(31)15-33-22-12-11-20(14-16(22)2)34-13-5-6-21-17(3)28-30(29-21)19-9-7-18(8-10-19)24(25,26)27/h7-12,14H,4-6,13,15H2,1-3H3. The number of nitrogens with zero attached hydrogens (tertiary/aromatic N) is 3. The van der Waals surface area contributed by atoms with Crippen molar-refractivity contribution in [3.63, 3.8) is 0 Å². The van der Waals surface area contributed by atoms with Crippen LogP contribution in [0.15, 0.2) is 47.4 Å². The predicted molar refractivity (Wildman–Crippen MR) is 123 cm³/mol. The summed E-state index contributed by atoms with van der Waals surface area (Å²) < 4.78 is 48.6. The molecule has 182 valence electrons. The summed E-state index contributed by atoms with van der Waals surface area (Å²) in [6, 6.07) is 10.6. The Morgan fingerprint density at radius 2 is 1.82 bits per heavy atom. The number of thioether (sulfide) groups is 1. The molecule has 0 radical (unpaired) electrons. The van der Waals surface area contributed by atoms with Gasteiger partial charge in [0.15, 0.2) is 6.61 Å². The van der Waals surface area contributed by atoms with Crippen LogP contribution in [0.3, 0.4) is 0 Å². The second-order valence-electron chi connectivity index (χ2n) is 7.54. The maximum atomic E-state index is 12.8. The molecule has 0 fully saturated rings. The molecule has 34 heavy (non-hydrogen) atoms. The van der Waals surface area contributed by atoms with E-state index < -0.39 is 17.7 Å². The minimum absolute atomic E-state index is 0.117. The van der Waals surface area contributed by atoms with Gasteiger partial charge in [0.1, 0.15) is 5.75 Å². The van der Waals surface area contributed by atoms with Gasteiger partial charge in [0.2, 0.25) is 0 Å². The van der Waals surface area contributed by atoms with Crippen LogP contribution in [0.4, 0.5) is 13.2 Å². The lowest BCUT2D eigenvalue weighted by Crippen LogP contribution is -2.14. The van der Waals surface area contributed by atoms with Crippen LogP contribution in [0.1, 0.15) is 35.9 Å². The van der Waals surface area contributed by atoms with E-state index in [-0.39, 0.29) is 6.61 Å². The predicted octanol–water partition coefficient (Wildman–Crippen LogP) is 5.57. The zero-order valence-corrected chi connectivity index (χ0v) is 20.0. The summed E-state index contributed by atoms with van der Waals surface area (Å²) in [5.74, 6) is 1.11. The average molecular weight is 494 g/mol. The molecular weight excluding hydrogens is 467 g/mol. The van der Waals surface area contributed by atoms with Crippen LogP contribution in [0.2, 0.25) is 0 Å².